The second-order valence-electron chi connectivity index (χ2n) is 15.9. The third-order valence-corrected chi connectivity index (χ3v) is 18.1. The van der Waals surface area contributed by atoms with Crippen LogP contribution in [0.2, 0.25) is 0 Å². The number of benzene rings is 2. The van der Waals surface area contributed by atoms with Gasteiger partial charge in [0, 0.05) is 12.1 Å². The summed E-state index contributed by atoms with van der Waals surface area (Å²) in [5.41, 5.74) is 7.65. The molecule has 0 amide bonds. The van der Waals surface area contributed by atoms with Crippen LogP contribution in [0.4, 0.5) is 0 Å². The fourth-order valence-corrected chi connectivity index (χ4v) is 17.0. The Kier molecular flexibility index (Phi) is 6.44. The van der Waals surface area contributed by atoms with Gasteiger partial charge in [-0.3, -0.25) is 9.34 Å². The summed E-state index contributed by atoms with van der Waals surface area (Å²) in [6.07, 6.45) is 5.62. The number of allylic oxidation sites excluding steroid dienone is 2. The lowest BCUT2D eigenvalue weighted by Gasteiger charge is -2.48. The van der Waals surface area contributed by atoms with Gasteiger partial charge >= 0.3 is 0 Å². The summed E-state index contributed by atoms with van der Waals surface area (Å²) in [4.78, 5) is 0. The fraction of sp³-hybridized carbons (Fsp3) is 0.579. The summed E-state index contributed by atoms with van der Waals surface area (Å²) in [6.45, 7) is 20.7. The van der Waals surface area contributed by atoms with Crippen LogP contribution in [0, 0.1) is 34.5 Å². The minimum atomic E-state index is -0.328. The molecule has 0 N–H and O–H groups in total. The van der Waals surface area contributed by atoms with E-state index >= 15 is 0 Å². The van der Waals surface area contributed by atoms with Gasteiger partial charge < -0.3 is 0 Å². The molecule has 2 saturated carbocycles. The van der Waals surface area contributed by atoms with E-state index in [9.17, 15) is 0 Å². The minimum Gasteiger partial charge on any atom is -0.263 e. The molecule has 0 spiro atoms. The zero-order valence-electron chi connectivity index (χ0n) is 27.0. The average molecular weight is 597 g/mol. The van der Waals surface area contributed by atoms with Gasteiger partial charge in [-0.2, -0.15) is 0 Å². The lowest BCUT2D eigenvalue weighted by atomic mass is 9.68. The van der Waals surface area contributed by atoms with E-state index in [-0.39, 0.29) is 16.1 Å². The van der Waals surface area contributed by atoms with Gasteiger partial charge in [-0.25, -0.2) is 0 Å². The zero-order chi connectivity index (χ0) is 29.3. The van der Waals surface area contributed by atoms with Gasteiger partial charge in [0.15, 0.2) is 0 Å². The molecule has 2 unspecified atom stereocenters. The molecule has 2 heterocycles. The van der Waals surface area contributed by atoms with Crippen molar-refractivity contribution >= 4 is 16.1 Å². The molecule has 0 saturated heterocycles. The van der Waals surface area contributed by atoms with Gasteiger partial charge in [0.1, 0.15) is 0 Å². The Bertz CT molecular complexity index is 1350. The van der Waals surface area contributed by atoms with E-state index in [1.54, 1.807) is 0 Å². The van der Waals surface area contributed by atoms with Crippen LogP contribution in [-0.4, -0.2) is 34.8 Å². The van der Waals surface area contributed by atoms with Crippen LogP contribution in [-0.2, 0) is 0 Å². The van der Waals surface area contributed by atoms with E-state index in [1.807, 2.05) is 21.8 Å². The highest BCUT2D eigenvalue weighted by Crippen LogP contribution is 2.78. The molecule has 4 bridgehead atoms. The molecule has 2 aromatic rings. The zero-order valence-corrected chi connectivity index (χ0v) is 28.8. The molecule has 6 aliphatic rings. The first-order chi connectivity index (χ1) is 20.0. The molecule has 222 valence electrons. The van der Waals surface area contributed by atoms with Crippen molar-refractivity contribution in [2.45, 2.75) is 91.4 Å². The summed E-state index contributed by atoms with van der Waals surface area (Å²) in [5, 5.41) is 3.85. The maximum atomic E-state index is 3.10. The first-order valence-corrected chi connectivity index (χ1v) is 20.1. The highest BCUT2D eigenvalue weighted by atomic mass is 31.1. The smallest absolute Gasteiger partial charge is 0.0561 e. The number of nitrogens with zero attached hydrogens (tertiary/aromatic N) is 2. The molecular formula is C38H50N2P2. The van der Waals surface area contributed by atoms with Crippen molar-refractivity contribution in [1.82, 2.24) is 9.34 Å². The molecular weight excluding hydrogens is 546 g/mol. The van der Waals surface area contributed by atoms with Crippen LogP contribution in [0.15, 0.2) is 82.4 Å². The number of rotatable bonds is 5. The molecule has 8 rings (SSSR count). The number of hydrogen-bond acceptors (Lipinski definition) is 2. The Morgan fingerprint density at radius 2 is 0.976 bits per heavy atom. The predicted octanol–water partition coefficient (Wildman–Crippen LogP) is 10.6. The maximum absolute atomic E-state index is 3.10. The van der Waals surface area contributed by atoms with E-state index in [2.05, 4.69) is 125 Å². The highest BCUT2D eigenvalue weighted by molar-refractivity contribution is 7.60. The second kappa shape index (κ2) is 9.60. The number of fused-ring (bicyclic) bond motifs is 8. The highest BCUT2D eigenvalue weighted by Gasteiger charge is 2.65. The van der Waals surface area contributed by atoms with Crippen molar-refractivity contribution in [1.29, 1.82) is 0 Å². The second-order valence-corrected chi connectivity index (χ2v) is 19.9. The lowest BCUT2D eigenvalue weighted by molar-refractivity contribution is 0.163. The van der Waals surface area contributed by atoms with Crippen molar-refractivity contribution in [3.8, 4) is 0 Å². The Balaban J connectivity index is 1.33. The third kappa shape index (κ3) is 3.78. The van der Waals surface area contributed by atoms with Crippen LogP contribution in [0.5, 0.6) is 0 Å². The van der Waals surface area contributed by atoms with E-state index < -0.39 is 0 Å². The number of hydrogen-bond donors (Lipinski definition) is 0. The van der Waals surface area contributed by atoms with Gasteiger partial charge in [0.05, 0.1) is 12.1 Å². The first-order valence-electron chi connectivity index (χ1n) is 16.6. The molecule has 0 aromatic heterocycles. The summed E-state index contributed by atoms with van der Waals surface area (Å²) < 4.78 is 6.20. The molecule has 10 atom stereocenters. The van der Waals surface area contributed by atoms with Crippen molar-refractivity contribution < 1.29 is 0 Å². The van der Waals surface area contributed by atoms with Gasteiger partial charge in [-0.05, 0) is 136 Å². The Hall–Kier alpha value is -1.30. The quantitative estimate of drug-likeness (QED) is 0.317. The Morgan fingerprint density at radius 1 is 0.619 bits per heavy atom. The molecule has 2 nitrogen and oxygen atoms in total. The minimum absolute atomic E-state index is 0.328. The molecule has 42 heavy (non-hydrogen) atoms. The van der Waals surface area contributed by atoms with Gasteiger partial charge in [0.2, 0.25) is 0 Å². The van der Waals surface area contributed by atoms with Crippen LogP contribution in [0.3, 0.4) is 0 Å². The summed E-state index contributed by atoms with van der Waals surface area (Å²) in [7, 11) is -0.657. The molecule has 2 fully saturated rings. The standard InChI is InChI=1S/C38H50N2P2/c1-23(25-15-11-9-12-16-25)39-33(31-29-19-27(21-37(29,3)4)35(31)41(39)7)34-32-30-20-28(22-38(30,5)6)36(32)42(8)40(34)24(2)26-17-13-10-14-18-26/h9-18,23-24,27-30,33-34H,19-22H2,1-8H3/t23-,24-,27+,28+,29+,30+,33-,34-,41?,42?/m1/s1. The SMILES string of the molecule is C[C@H](c1ccccc1)N1[C@@H]([C@H]2C3=C([C@H]4C[C@@H]3C(C)(C)C4)P(C)N2[C@H](C)c2ccccc2)C2=C([C@H]3C[C@@H]2C(C)(C)C3)P1C. The lowest BCUT2D eigenvalue weighted by Crippen LogP contribution is -2.50. The van der Waals surface area contributed by atoms with E-state index in [0.29, 0.717) is 35.0 Å². The molecule has 2 aliphatic heterocycles. The third-order valence-electron chi connectivity index (χ3n) is 12.8. The summed E-state index contributed by atoms with van der Waals surface area (Å²) in [6, 6.07) is 24.8. The van der Waals surface area contributed by atoms with Crippen LogP contribution < -0.4 is 0 Å². The van der Waals surface area contributed by atoms with Crippen molar-refractivity contribution in [3.05, 3.63) is 93.6 Å². The molecule has 4 heteroatoms. The van der Waals surface area contributed by atoms with E-state index in [1.165, 1.54) is 36.8 Å². The van der Waals surface area contributed by atoms with Crippen molar-refractivity contribution in [2.75, 3.05) is 13.3 Å². The fourth-order valence-electron chi connectivity index (χ4n) is 11.2. The predicted molar refractivity (Wildman–Crippen MR) is 181 cm³/mol. The molecule has 4 aliphatic carbocycles. The Labute approximate surface area is 257 Å². The average Bonchev–Trinajstić information content (AvgIpc) is 3.77. The normalized spacial score (nSPS) is 39.3. The first kappa shape index (κ1) is 28.2. The van der Waals surface area contributed by atoms with E-state index in [0.717, 1.165) is 23.7 Å². The Morgan fingerprint density at radius 3 is 1.33 bits per heavy atom. The van der Waals surface area contributed by atoms with Crippen molar-refractivity contribution in [3.63, 3.8) is 0 Å². The summed E-state index contributed by atoms with van der Waals surface area (Å²) >= 11 is 0. The topological polar surface area (TPSA) is 6.48 Å². The molecule has 0 radical (unpaired) electrons. The van der Waals surface area contributed by atoms with Crippen LogP contribution in [0.1, 0.15) is 90.4 Å². The van der Waals surface area contributed by atoms with E-state index in [4.69, 9.17) is 0 Å². The van der Waals surface area contributed by atoms with Crippen molar-refractivity contribution in [2.24, 2.45) is 34.5 Å². The van der Waals surface area contributed by atoms with Crippen LogP contribution in [0.25, 0.3) is 0 Å². The molecule has 2 aromatic carbocycles. The maximum Gasteiger partial charge on any atom is 0.0561 e. The summed E-state index contributed by atoms with van der Waals surface area (Å²) in [5.74, 6) is 3.10. The monoisotopic (exact) mass is 596 g/mol. The largest absolute Gasteiger partial charge is 0.263 e. The van der Waals surface area contributed by atoms with Gasteiger partial charge in [-0.1, -0.05) is 88.4 Å². The van der Waals surface area contributed by atoms with Crippen LogP contribution >= 0.6 is 16.1 Å². The van der Waals surface area contributed by atoms with Gasteiger partial charge in [-0.15, -0.1) is 0 Å². The van der Waals surface area contributed by atoms with Gasteiger partial charge in [0.25, 0.3) is 0 Å².